The fourth-order valence-electron chi connectivity index (χ4n) is 0.740. The van der Waals surface area contributed by atoms with Crippen LogP contribution in [-0.2, 0) is 9.59 Å². The molecule has 0 aliphatic rings. The van der Waals surface area contributed by atoms with Gasteiger partial charge in [0.05, 0.1) is 5.75 Å². The highest BCUT2D eigenvalue weighted by atomic mass is 32.2. The Morgan fingerprint density at radius 1 is 1.29 bits per heavy atom. The second kappa shape index (κ2) is 7.99. The van der Waals surface area contributed by atoms with E-state index in [1.807, 2.05) is 13.8 Å². The fourth-order valence-corrected chi connectivity index (χ4v) is 1.70. The molecule has 14 heavy (non-hydrogen) atoms. The van der Waals surface area contributed by atoms with Crippen LogP contribution in [0, 0.1) is 0 Å². The Kier molecular flexibility index (Phi) is 7.78. The average molecular weight is 236 g/mol. The quantitative estimate of drug-likeness (QED) is 0.458. The van der Waals surface area contributed by atoms with E-state index in [0.29, 0.717) is 13.1 Å². The zero-order valence-electron chi connectivity index (χ0n) is 8.37. The number of thiol groups is 1. The van der Waals surface area contributed by atoms with Gasteiger partial charge in [-0.25, -0.2) is 0 Å². The lowest BCUT2D eigenvalue weighted by atomic mass is 10.6. The summed E-state index contributed by atoms with van der Waals surface area (Å²) in [7, 11) is 0. The summed E-state index contributed by atoms with van der Waals surface area (Å²) in [6, 6.07) is 0. The maximum atomic E-state index is 11.2. The summed E-state index contributed by atoms with van der Waals surface area (Å²) in [5, 5.41) is 5.28. The van der Waals surface area contributed by atoms with Crippen LogP contribution >= 0.6 is 24.4 Å². The van der Waals surface area contributed by atoms with Gasteiger partial charge in [0.2, 0.25) is 11.8 Å². The summed E-state index contributed by atoms with van der Waals surface area (Å²) in [4.78, 5) is 22.2. The van der Waals surface area contributed by atoms with Crippen molar-refractivity contribution in [2.75, 3.05) is 18.8 Å². The van der Waals surface area contributed by atoms with Crippen molar-refractivity contribution in [2.45, 2.75) is 18.4 Å². The van der Waals surface area contributed by atoms with Crippen LogP contribution in [0.2, 0.25) is 0 Å². The molecule has 0 heterocycles. The lowest BCUT2D eigenvalue weighted by molar-refractivity contribution is -0.119. The summed E-state index contributed by atoms with van der Waals surface area (Å²) in [6.45, 7) is 4.88. The number of carbonyl (C=O) groups excluding carboxylic acids is 2. The molecule has 1 unspecified atom stereocenters. The van der Waals surface area contributed by atoms with Crippen LogP contribution in [0.3, 0.4) is 0 Å². The van der Waals surface area contributed by atoms with Crippen LogP contribution in [0.5, 0.6) is 0 Å². The van der Waals surface area contributed by atoms with E-state index in [1.165, 1.54) is 11.8 Å². The first-order chi connectivity index (χ1) is 6.61. The first-order valence-electron chi connectivity index (χ1n) is 4.45. The first kappa shape index (κ1) is 13.6. The molecule has 0 saturated heterocycles. The third kappa shape index (κ3) is 6.15. The molecular weight excluding hydrogens is 220 g/mol. The van der Waals surface area contributed by atoms with Gasteiger partial charge in [0.1, 0.15) is 4.58 Å². The van der Waals surface area contributed by atoms with Gasteiger partial charge in [-0.3, -0.25) is 9.59 Å². The SMILES string of the molecule is CCNC(=O)CSC(S)C(=O)NCC. The van der Waals surface area contributed by atoms with Crippen LogP contribution in [0.4, 0.5) is 0 Å². The highest BCUT2D eigenvalue weighted by molar-refractivity contribution is 8.11. The standard InChI is InChI=1S/C8H16N2O2S2/c1-3-9-6(11)5-14-8(13)7(12)10-4-2/h8,13H,3-5H2,1-2H3,(H,9,11)(H,10,12). The number of nitrogens with one attached hydrogen (secondary N) is 2. The van der Waals surface area contributed by atoms with Gasteiger partial charge in [-0.15, -0.1) is 11.8 Å². The Morgan fingerprint density at radius 2 is 1.86 bits per heavy atom. The van der Waals surface area contributed by atoms with E-state index in [2.05, 4.69) is 23.3 Å². The third-order valence-electron chi connectivity index (χ3n) is 1.32. The van der Waals surface area contributed by atoms with Crippen LogP contribution in [0.25, 0.3) is 0 Å². The molecule has 82 valence electrons. The maximum absolute atomic E-state index is 11.2. The van der Waals surface area contributed by atoms with Crippen molar-refractivity contribution < 1.29 is 9.59 Å². The average Bonchev–Trinajstić information content (AvgIpc) is 2.15. The Bertz CT molecular complexity index is 200. The molecule has 2 amide bonds. The number of rotatable bonds is 6. The zero-order chi connectivity index (χ0) is 11.0. The summed E-state index contributed by atoms with van der Waals surface area (Å²) >= 11 is 5.29. The van der Waals surface area contributed by atoms with Crippen LogP contribution in [0.1, 0.15) is 13.8 Å². The van der Waals surface area contributed by atoms with Gasteiger partial charge in [0.15, 0.2) is 0 Å². The molecule has 0 aromatic heterocycles. The number of hydrogen-bond acceptors (Lipinski definition) is 4. The molecule has 0 radical (unpaired) electrons. The molecule has 0 aliphatic carbocycles. The highest BCUT2D eigenvalue weighted by Crippen LogP contribution is 2.14. The largest absolute Gasteiger partial charge is 0.356 e. The Hall–Kier alpha value is -0.360. The van der Waals surface area contributed by atoms with Crippen molar-refractivity contribution in [1.82, 2.24) is 10.6 Å². The van der Waals surface area contributed by atoms with E-state index < -0.39 is 4.58 Å². The van der Waals surface area contributed by atoms with Gasteiger partial charge in [0.25, 0.3) is 0 Å². The van der Waals surface area contributed by atoms with E-state index in [-0.39, 0.29) is 17.6 Å². The Balaban J connectivity index is 3.67. The van der Waals surface area contributed by atoms with Crippen LogP contribution in [0.15, 0.2) is 0 Å². The molecule has 0 rings (SSSR count). The molecule has 0 saturated carbocycles. The summed E-state index contributed by atoms with van der Waals surface area (Å²) in [5.74, 6) is 0.0464. The molecule has 6 heteroatoms. The number of amides is 2. The molecule has 0 aliphatic heterocycles. The van der Waals surface area contributed by atoms with E-state index in [9.17, 15) is 9.59 Å². The van der Waals surface area contributed by atoms with Crippen molar-refractivity contribution in [2.24, 2.45) is 0 Å². The molecule has 2 N–H and O–H groups in total. The molecule has 1 atom stereocenters. The highest BCUT2D eigenvalue weighted by Gasteiger charge is 2.14. The van der Waals surface area contributed by atoms with E-state index in [0.717, 1.165) is 0 Å². The van der Waals surface area contributed by atoms with Crippen LogP contribution < -0.4 is 10.6 Å². The Morgan fingerprint density at radius 3 is 2.36 bits per heavy atom. The molecule has 0 fully saturated rings. The molecular formula is C8H16N2O2S2. The second-order valence-electron chi connectivity index (χ2n) is 2.51. The van der Waals surface area contributed by atoms with Crippen molar-refractivity contribution in [3.63, 3.8) is 0 Å². The van der Waals surface area contributed by atoms with Gasteiger partial charge >= 0.3 is 0 Å². The lowest BCUT2D eigenvalue weighted by Crippen LogP contribution is -2.31. The smallest absolute Gasteiger partial charge is 0.243 e. The lowest BCUT2D eigenvalue weighted by Gasteiger charge is -2.09. The van der Waals surface area contributed by atoms with Crippen LogP contribution in [-0.4, -0.2) is 35.2 Å². The third-order valence-corrected chi connectivity index (χ3v) is 2.96. The minimum absolute atomic E-state index is 0.0687. The predicted octanol–water partition coefficient (Wildman–Crippen LogP) is 0.248. The van der Waals surface area contributed by atoms with Gasteiger partial charge in [-0.2, -0.15) is 12.6 Å². The Labute approximate surface area is 94.0 Å². The van der Waals surface area contributed by atoms with Crippen molar-refractivity contribution in [1.29, 1.82) is 0 Å². The maximum Gasteiger partial charge on any atom is 0.243 e. The number of thioether (sulfide) groups is 1. The topological polar surface area (TPSA) is 58.2 Å². The summed E-state index contributed by atoms with van der Waals surface area (Å²) in [5.41, 5.74) is 0. The van der Waals surface area contributed by atoms with E-state index in [4.69, 9.17) is 0 Å². The van der Waals surface area contributed by atoms with E-state index in [1.54, 1.807) is 0 Å². The number of hydrogen-bond donors (Lipinski definition) is 3. The van der Waals surface area contributed by atoms with Crippen molar-refractivity contribution in [3.8, 4) is 0 Å². The molecule has 0 aromatic carbocycles. The van der Waals surface area contributed by atoms with Gasteiger partial charge in [-0.05, 0) is 13.8 Å². The minimum Gasteiger partial charge on any atom is -0.356 e. The molecule has 0 spiro atoms. The minimum atomic E-state index is -0.474. The second-order valence-corrected chi connectivity index (χ2v) is 4.47. The number of carbonyl (C=O) groups is 2. The van der Waals surface area contributed by atoms with Crippen molar-refractivity contribution >= 4 is 36.2 Å². The molecule has 0 bridgehead atoms. The fraction of sp³-hybridized carbons (Fsp3) is 0.750. The monoisotopic (exact) mass is 236 g/mol. The summed E-state index contributed by atoms with van der Waals surface area (Å²) in [6.07, 6.45) is 0. The van der Waals surface area contributed by atoms with Gasteiger partial charge < -0.3 is 10.6 Å². The van der Waals surface area contributed by atoms with Crippen molar-refractivity contribution in [3.05, 3.63) is 0 Å². The van der Waals surface area contributed by atoms with Gasteiger partial charge in [0, 0.05) is 13.1 Å². The normalized spacial score (nSPS) is 11.9. The zero-order valence-corrected chi connectivity index (χ0v) is 10.1. The van der Waals surface area contributed by atoms with Gasteiger partial charge in [-0.1, -0.05) is 0 Å². The summed E-state index contributed by atoms with van der Waals surface area (Å²) < 4.78 is -0.474. The molecule has 0 aromatic rings. The predicted molar refractivity (Wildman–Crippen MR) is 62.6 cm³/mol. The van der Waals surface area contributed by atoms with E-state index >= 15 is 0 Å². The first-order valence-corrected chi connectivity index (χ1v) is 6.02. The molecule has 4 nitrogen and oxygen atoms in total.